The summed E-state index contributed by atoms with van der Waals surface area (Å²) < 4.78 is 6.14. The summed E-state index contributed by atoms with van der Waals surface area (Å²) in [7, 11) is 0. The van der Waals surface area contributed by atoms with Crippen molar-refractivity contribution in [2.45, 2.75) is 19.8 Å². The van der Waals surface area contributed by atoms with Gasteiger partial charge in [0, 0.05) is 28.4 Å². The standard InChI is InChI=1S/C20H19BrN4O4/c1-2-29-14-6-4-13(5-7-14)22-17(26)9-10-18(27)24-25-19-15-11-12(21)3-8-16(15)23-20(19)28/h3-8,11,23,28H,2,9-10H2,1H3,(H,22,26). The highest BCUT2D eigenvalue weighted by Gasteiger charge is 2.12. The fourth-order valence-electron chi connectivity index (χ4n) is 2.64. The number of hydrogen-bond donors (Lipinski definition) is 3. The zero-order valence-electron chi connectivity index (χ0n) is 15.6. The van der Waals surface area contributed by atoms with Crippen LogP contribution in [0.5, 0.6) is 11.6 Å². The van der Waals surface area contributed by atoms with Crippen molar-refractivity contribution in [2.75, 3.05) is 11.9 Å². The van der Waals surface area contributed by atoms with Crippen molar-refractivity contribution in [1.29, 1.82) is 0 Å². The Morgan fingerprint density at radius 1 is 1.17 bits per heavy atom. The first-order valence-corrected chi connectivity index (χ1v) is 9.73. The molecule has 3 aromatic rings. The molecule has 3 N–H and O–H groups in total. The molecule has 0 fully saturated rings. The number of hydrogen-bond acceptors (Lipinski definition) is 5. The van der Waals surface area contributed by atoms with Gasteiger partial charge >= 0.3 is 0 Å². The maximum Gasteiger partial charge on any atom is 0.265 e. The molecular formula is C20H19BrN4O4. The van der Waals surface area contributed by atoms with Crippen LogP contribution in [-0.4, -0.2) is 28.5 Å². The Hall–Kier alpha value is -3.20. The number of halogens is 1. The molecule has 0 aliphatic heterocycles. The van der Waals surface area contributed by atoms with E-state index >= 15 is 0 Å². The Morgan fingerprint density at radius 2 is 1.93 bits per heavy atom. The van der Waals surface area contributed by atoms with Gasteiger partial charge in [0.2, 0.25) is 11.8 Å². The molecule has 29 heavy (non-hydrogen) atoms. The third kappa shape index (κ3) is 5.41. The molecule has 0 bridgehead atoms. The van der Waals surface area contributed by atoms with Gasteiger partial charge in [-0.05, 0) is 49.4 Å². The topological polar surface area (TPSA) is 116 Å². The van der Waals surface area contributed by atoms with Crippen molar-refractivity contribution >= 4 is 50.0 Å². The lowest BCUT2D eigenvalue weighted by Crippen LogP contribution is -2.12. The van der Waals surface area contributed by atoms with Crippen molar-refractivity contribution in [2.24, 2.45) is 10.2 Å². The largest absolute Gasteiger partial charge is 0.494 e. The van der Waals surface area contributed by atoms with E-state index in [4.69, 9.17) is 4.74 Å². The second kappa shape index (κ2) is 9.33. The van der Waals surface area contributed by atoms with Gasteiger partial charge in [-0.15, -0.1) is 10.2 Å². The summed E-state index contributed by atoms with van der Waals surface area (Å²) in [5.41, 5.74) is 1.46. The number of nitrogens with zero attached hydrogens (tertiary/aromatic N) is 2. The van der Waals surface area contributed by atoms with E-state index in [0.29, 0.717) is 28.9 Å². The van der Waals surface area contributed by atoms with Crippen molar-refractivity contribution in [3.8, 4) is 11.6 Å². The first-order valence-electron chi connectivity index (χ1n) is 8.93. The molecule has 9 heteroatoms. The van der Waals surface area contributed by atoms with Gasteiger partial charge in [-0.2, -0.15) is 0 Å². The van der Waals surface area contributed by atoms with Crippen molar-refractivity contribution in [3.63, 3.8) is 0 Å². The van der Waals surface area contributed by atoms with E-state index in [1.165, 1.54) is 0 Å². The Labute approximate surface area is 175 Å². The molecule has 0 aliphatic carbocycles. The molecular weight excluding hydrogens is 440 g/mol. The zero-order valence-corrected chi connectivity index (χ0v) is 17.2. The summed E-state index contributed by atoms with van der Waals surface area (Å²) in [5, 5.41) is 20.8. The fraction of sp³-hybridized carbons (Fsp3) is 0.200. The van der Waals surface area contributed by atoms with Crippen molar-refractivity contribution in [1.82, 2.24) is 4.98 Å². The third-order valence-corrected chi connectivity index (χ3v) is 4.48. The maximum atomic E-state index is 12.0. The van der Waals surface area contributed by atoms with Crippen LogP contribution in [0, 0.1) is 0 Å². The molecule has 150 valence electrons. The molecule has 0 radical (unpaired) electrons. The minimum Gasteiger partial charge on any atom is -0.494 e. The predicted molar refractivity (Wildman–Crippen MR) is 113 cm³/mol. The number of aromatic hydroxyl groups is 1. The number of carbonyl (C=O) groups excluding carboxylic acids is 2. The van der Waals surface area contributed by atoms with Gasteiger partial charge < -0.3 is 20.1 Å². The molecule has 0 saturated heterocycles. The van der Waals surface area contributed by atoms with Gasteiger partial charge in [-0.1, -0.05) is 15.9 Å². The Bertz CT molecular complexity index is 1060. The maximum absolute atomic E-state index is 12.0. The Balaban J connectivity index is 1.55. The number of ether oxygens (including phenoxy) is 1. The molecule has 0 aliphatic rings. The number of carbonyl (C=O) groups is 2. The van der Waals surface area contributed by atoms with Gasteiger partial charge in [0.25, 0.3) is 5.91 Å². The SMILES string of the molecule is CCOc1ccc(NC(=O)CCC(=O)N=Nc2c(O)[nH]c3ccc(Br)cc23)cc1. The van der Waals surface area contributed by atoms with Crippen LogP contribution in [0.4, 0.5) is 11.4 Å². The molecule has 8 nitrogen and oxygen atoms in total. The van der Waals surface area contributed by atoms with Gasteiger partial charge in [0.15, 0.2) is 5.69 Å². The van der Waals surface area contributed by atoms with E-state index in [-0.39, 0.29) is 30.3 Å². The molecule has 0 saturated carbocycles. The number of H-pyrrole nitrogens is 1. The van der Waals surface area contributed by atoms with E-state index < -0.39 is 5.91 Å². The van der Waals surface area contributed by atoms with E-state index in [0.717, 1.165) is 4.47 Å². The monoisotopic (exact) mass is 458 g/mol. The highest BCUT2D eigenvalue weighted by Crippen LogP contribution is 2.36. The molecule has 1 heterocycles. The van der Waals surface area contributed by atoms with Gasteiger partial charge in [-0.25, -0.2) is 0 Å². The van der Waals surface area contributed by atoms with Crippen LogP contribution in [0.3, 0.4) is 0 Å². The van der Waals surface area contributed by atoms with Crippen LogP contribution in [0.15, 0.2) is 57.2 Å². The van der Waals surface area contributed by atoms with E-state index in [2.05, 4.69) is 36.5 Å². The van der Waals surface area contributed by atoms with E-state index in [1.54, 1.807) is 36.4 Å². The lowest BCUT2D eigenvalue weighted by Gasteiger charge is -2.06. The average Bonchev–Trinajstić information content (AvgIpc) is 3.01. The molecule has 3 rings (SSSR count). The number of benzene rings is 2. The van der Waals surface area contributed by atoms with Gasteiger partial charge in [0.1, 0.15) is 5.75 Å². The lowest BCUT2D eigenvalue weighted by atomic mass is 10.2. The molecule has 2 aromatic carbocycles. The smallest absolute Gasteiger partial charge is 0.265 e. The van der Waals surface area contributed by atoms with Gasteiger partial charge in [-0.3, -0.25) is 9.59 Å². The molecule has 1 aromatic heterocycles. The number of aromatic nitrogens is 1. The second-order valence-corrected chi connectivity index (χ2v) is 7.03. The summed E-state index contributed by atoms with van der Waals surface area (Å²) in [6.45, 7) is 2.46. The van der Waals surface area contributed by atoms with E-state index in [1.807, 2.05) is 13.0 Å². The third-order valence-electron chi connectivity index (χ3n) is 3.99. The first kappa shape index (κ1) is 20.5. The van der Waals surface area contributed by atoms with Crippen LogP contribution in [0.2, 0.25) is 0 Å². The highest BCUT2D eigenvalue weighted by atomic mass is 79.9. The number of fused-ring (bicyclic) bond motifs is 1. The first-order chi connectivity index (χ1) is 14.0. The number of amides is 2. The van der Waals surface area contributed by atoms with Crippen LogP contribution >= 0.6 is 15.9 Å². The molecule has 0 spiro atoms. The van der Waals surface area contributed by atoms with Gasteiger partial charge in [0.05, 0.1) is 12.1 Å². The minimum absolute atomic E-state index is 0.0313. The normalized spacial score (nSPS) is 11.1. The summed E-state index contributed by atoms with van der Waals surface area (Å²) in [4.78, 5) is 26.7. The van der Waals surface area contributed by atoms with Crippen LogP contribution < -0.4 is 10.1 Å². The number of aromatic amines is 1. The minimum atomic E-state index is -0.560. The van der Waals surface area contributed by atoms with Crippen LogP contribution in [0.1, 0.15) is 19.8 Å². The number of anilines is 1. The molecule has 2 amide bonds. The Kier molecular flexibility index (Phi) is 6.61. The van der Waals surface area contributed by atoms with E-state index in [9.17, 15) is 14.7 Å². The van der Waals surface area contributed by atoms with Crippen molar-refractivity contribution in [3.05, 3.63) is 46.9 Å². The van der Waals surface area contributed by atoms with Crippen LogP contribution in [-0.2, 0) is 9.59 Å². The quantitative estimate of drug-likeness (QED) is 0.428. The lowest BCUT2D eigenvalue weighted by molar-refractivity contribution is -0.122. The highest BCUT2D eigenvalue weighted by molar-refractivity contribution is 9.10. The average molecular weight is 459 g/mol. The zero-order chi connectivity index (χ0) is 20.8. The molecule has 0 atom stereocenters. The molecule has 0 unspecified atom stereocenters. The summed E-state index contributed by atoms with van der Waals surface area (Å²) in [5.74, 6) is -0.330. The summed E-state index contributed by atoms with van der Waals surface area (Å²) in [6.07, 6.45) is -0.129. The number of nitrogens with one attached hydrogen (secondary N) is 2. The number of rotatable bonds is 7. The fourth-order valence-corrected chi connectivity index (χ4v) is 3.00. The summed E-state index contributed by atoms with van der Waals surface area (Å²) >= 11 is 3.35. The predicted octanol–water partition coefficient (Wildman–Crippen LogP) is 5.06. The number of azo groups is 1. The summed E-state index contributed by atoms with van der Waals surface area (Å²) in [6, 6.07) is 12.3. The van der Waals surface area contributed by atoms with Crippen LogP contribution in [0.25, 0.3) is 10.9 Å². The van der Waals surface area contributed by atoms with Crippen molar-refractivity contribution < 1.29 is 19.4 Å². The Morgan fingerprint density at radius 3 is 2.66 bits per heavy atom. The second-order valence-electron chi connectivity index (χ2n) is 6.11.